The highest BCUT2D eigenvalue weighted by atomic mass is 16.6. The molecule has 8 heteroatoms. The van der Waals surface area contributed by atoms with E-state index in [4.69, 9.17) is 4.42 Å². The molecule has 0 atom stereocenters. The third-order valence-electron chi connectivity index (χ3n) is 2.71. The van der Waals surface area contributed by atoms with Crippen LogP contribution in [0.1, 0.15) is 6.42 Å². The smallest absolute Gasteiger partial charge is 0.298 e. The highest BCUT2D eigenvalue weighted by Gasteiger charge is 2.17. The number of oxazole rings is 1. The number of nitro benzene ring substituents is 1. The molecule has 1 amide bonds. The molecule has 1 aromatic heterocycles. The Morgan fingerprint density at radius 3 is 2.90 bits per heavy atom. The molecular formula is C12H14N4O4. The van der Waals surface area contributed by atoms with Crippen molar-refractivity contribution >= 4 is 28.7 Å². The molecule has 0 saturated carbocycles. The van der Waals surface area contributed by atoms with Crippen LogP contribution < -0.4 is 5.32 Å². The summed E-state index contributed by atoms with van der Waals surface area (Å²) >= 11 is 0. The van der Waals surface area contributed by atoms with Gasteiger partial charge in [-0.05, 0) is 6.07 Å². The minimum atomic E-state index is -0.510. The molecule has 2 rings (SSSR count). The summed E-state index contributed by atoms with van der Waals surface area (Å²) < 4.78 is 5.35. The minimum absolute atomic E-state index is 0.0282. The zero-order valence-corrected chi connectivity index (χ0v) is 11.1. The number of non-ortho nitro benzene ring substituents is 1. The first-order valence-electron chi connectivity index (χ1n) is 5.97. The second-order valence-electron chi connectivity index (χ2n) is 4.36. The van der Waals surface area contributed by atoms with Crippen LogP contribution in [0.3, 0.4) is 0 Å². The van der Waals surface area contributed by atoms with Crippen molar-refractivity contribution in [2.45, 2.75) is 6.42 Å². The largest absolute Gasteiger partial charge is 0.423 e. The van der Waals surface area contributed by atoms with Crippen molar-refractivity contribution in [1.82, 2.24) is 9.88 Å². The van der Waals surface area contributed by atoms with E-state index in [9.17, 15) is 14.9 Å². The van der Waals surface area contributed by atoms with Crippen LogP contribution >= 0.6 is 0 Å². The molecule has 0 spiro atoms. The Hall–Kier alpha value is -2.64. The molecule has 106 valence electrons. The monoisotopic (exact) mass is 278 g/mol. The summed E-state index contributed by atoms with van der Waals surface area (Å²) in [7, 11) is 3.34. The molecule has 1 aromatic carbocycles. The van der Waals surface area contributed by atoms with Gasteiger partial charge in [0.1, 0.15) is 0 Å². The molecule has 0 bridgehead atoms. The van der Waals surface area contributed by atoms with Crippen molar-refractivity contribution in [3.8, 4) is 0 Å². The number of hydrogen-bond acceptors (Lipinski definition) is 6. The Kier molecular flexibility index (Phi) is 3.83. The molecule has 0 aliphatic heterocycles. The first-order valence-corrected chi connectivity index (χ1v) is 5.97. The van der Waals surface area contributed by atoms with E-state index >= 15 is 0 Å². The number of anilines is 1. The second kappa shape index (κ2) is 5.55. The van der Waals surface area contributed by atoms with Crippen LogP contribution in [0.15, 0.2) is 22.6 Å². The summed E-state index contributed by atoms with van der Waals surface area (Å²) in [6.45, 7) is 0.345. The number of nitro groups is 1. The maximum Gasteiger partial charge on any atom is 0.298 e. The highest BCUT2D eigenvalue weighted by molar-refractivity contribution is 5.84. The summed E-state index contributed by atoms with van der Waals surface area (Å²) in [5, 5.41) is 13.7. The van der Waals surface area contributed by atoms with Crippen LogP contribution in [0.2, 0.25) is 0 Å². The molecule has 0 radical (unpaired) electrons. The zero-order valence-electron chi connectivity index (χ0n) is 11.1. The number of carbonyl (C=O) groups is 1. The lowest BCUT2D eigenvalue weighted by Crippen LogP contribution is -2.23. The van der Waals surface area contributed by atoms with Crippen LogP contribution in [-0.2, 0) is 4.79 Å². The first-order chi connectivity index (χ1) is 9.49. The fourth-order valence-corrected chi connectivity index (χ4v) is 1.66. The van der Waals surface area contributed by atoms with Gasteiger partial charge in [0, 0.05) is 33.1 Å². The van der Waals surface area contributed by atoms with Crippen molar-refractivity contribution < 1.29 is 14.1 Å². The summed E-state index contributed by atoms with van der Waals surface area (Å²) in [4.78, 5) is 27.3. The van der Waals surface area contributed by atoms with E-state index in [1.807, 2.05) is 0 Å². The van der Waals surface area contributed by atoms with Gasteiger partial charge in [0.15, 0.2) is 11.1 Å². The molecular weight excluding hydrogens is 264 g/mol. The maximum atomic E-state index is 11.4. The van der Waals surface area contributed by atoms with Gasteiger partial charge in [0.05, 0.1) is 4.92 Å². The molecule has 0 fully saturated rings. The number of benzene rings is 1. The third kappa shape index (κ3) is 2.85. The van der Waals surface area contributed by atoms with E-state index in [1.54, 1.807) is 20.2 Å². The molecule has 1 N–H and O–H groups in total. The van der Waals surface area contributed by atoms with E-state index in [0.717, 1.165) is 0 Å². The number of amides is 1. The van der Waals surface area contributed by atoms with Gasteiger partial charge in [-0.15, -0.1) is 0 Å². The summed E-state index contributed by atoms with van der Waals surface area (Å²) in [6.07, 6.45) is 0.286. The van der Waals surface area contributed by atoms with Crippen molar-refractivity contribution in [3.63, 3.8) is 0 Å². The average Bonchev–Trinajstić information content (AvgIpc) is 2.80. The number of nitrogens with zero attached hydrogens (tertiary/aromatic N) is 3. The predicted molar refractivity (Wildman–Crippen MR) is 72.5 cm³/mol. The van der Waals surface area contributed by atoms with Crippen molar-refractivity contribution in [2.75, 3.05) is 26.0 Å². The zero-order chi connectivity index (χ0) is 14.7. The lowest BCUT2D eigenvalue weighted by Gasteiger charge is -2.09. The Morgan fingerprint density at radius 2 is 2.25 bits per heavy atom. The molecule has 8 nitrogen and oxygen atoms in total. The van der Waals surface area contributed by atoms with E-state index in [2.05, 4.69) is 10.3 Å². The third-order valence-corrected chi connectivity index (χ3v) is 2.71. The molecule has 1 heterocycles. The fourth-order valence-electron chi connectivity index (χ4n) is 1.66. The normalized spacial score (nSPS) is 10.5. The van der Waals surface area contributed by atoms with E-state index in [0.29, 0.717) is 12.1 Å². The number of nitrogens with one attached hydrogen (secondary N) is 1. The van der Waals surface area contributed by atoms with Crippen LogP contribution in [0.5, 0.6) is 0 Å². The summed E-state index contributed by atoms with van der Waals surface area (Å²) in [5.41, 5.74) is 0.420. The van der Waals surface area contributed by atoms with Gasteiger partial charge in [-0.2, -0.15) is 4.98 Å². The van der Waals surface area contributed by atoms with Gasteiger partial charge in [-0.1, -0.05) is 6.07 Å². The minimum Gasteiger partial charge on any atom is -0.423 e. The number of para-hydroxylation sites is 1. The molecule has 0 unspecified atom stereocenters. The van der Waals surface area contributed by atoms with Crippen molar-refractivity contribution in [3.05, 3.63) is 28.3 Å². The quantitative estimate of drug-likeness (QED) is 0.658. The molecule has 0 saturated heterocycles. The van der Waals surface area contributed by atoms with Gasteiger partial charge in [-0.3, -0.25) is 14.9 Å². The van der Waals surface area contributed by atoms with Gasteiger partial charge in [0.2, 0.25) is 5.91 Å². The number of carbonyl (C=O) groups excluding carboxylic acids is 1. The second-order valence-corrected chi connectivity index (χ2v) is 4.36. The van der Waals surface area contributed by atoms with Crippen LogP contribution in [0, 0.1) is 10.1 Å². The van der Waals surface area contributed by atoms with Gasteiger partial charge in [0.25, 0.3) is 11.7 Å². The lowest BCUT2D eigenvalue weighted by molar-refractivity contribution is -0.383. The topological polar surface area (TPSA) is 102 Å². The summed E-state index contributed by atoms with van der Waals surface area (Å²) in [5.74, 6) is -0.0282. The molecule has 2 aromatic rings. The van der Waals surface area contributed by atoms with Crippen LogP contribution in [0.25, 0.3) is 11.1 Å². The SMILES string of the molecule is CN(C)C(=O)CCNc1nc2c([N+](=O)[O-])cccc2o1. The van der Waals surface area contributed by atoms with Gasteiger partial charge in [-0.25, -0.2) is 0 Å². The molecule has 0 aliphatic carbocycles. The van der Waals surface area contributed by atoms with Gasteiger partial charge < -0.3 is 14.6 Å². The Balaban J connectivity index is 2.11. The fraction of sp³-hybridized carbons (Fsp3) is 0.333. The number of aromatic nitrogens is 1. The van der Waals surface area contributed by atoms with Crippen LogP contribution in [-0.4, -0.2) is 41.4 Å². The van der Waals surface area contributed by atoms with Gasteiger partial charge >= 0.3 is 0 Å². The van der Waals surface area contributed by atoms with E-state index in [1.165, 1.54) is 17.0 Å². The number of fused-ring (bicyclic) bond motifs is 1. The Bertz CT molecular complexity index is 650. The maximum absolute atomic E-state index is 11.4. The lowest BCUT2D eigenvalue weighted by atomic mass is 10.3. The first kappa shape index (κ1) is 13.8. The number of hydrogen-bond donors (Lipinski definition) is 1. The highest BCUT2D eigenvalue weighted by Crippen LogP contribution is 2.27. The Labute approximate surface area is 114 Å². The Morgan fingerprint density at radius 1 is 1.50 bits per heavy atom. The molecule has 0 aliphatic rings. The number of rotatable bonds is 5. The van der Waals surface area contributed by atoms with Crippen molar-refractivity contribution in [2.24, 2.45) is 0 Å². The predicted octanol–water partition coefficient (Wildman–Crippen LogP) is 1.63. The standard InChI is InChI=1S/C12H14N4O4/c1-15(2)10(17)6-7-13-12-14-11-8(16(18)19)4-3-5-9(11)20-12/h3-5H,6-7H2,1-2H3,(H,13,14). The van der Waals surface area contributed by atoms with E-state index in [-0.39, 0.29) is 29.5 Å². The van der Waals surface area contributed by atoms with Crippen LogP contribution in [0.4, 0.5) is 11.7 Å². The van der Waals surface area contributed by atoms with Crippen molar-refractivity contribution in [1.29, 1.82) is 0 Å². The summed E-state index contributed by atoms with van der Waals surface area (Å²) in [6, 6.07) is 4.67. The molecule has 20 heavy (non-hydrogen) atoms. The average molecular weight is 278 g/mol. The van der Waals surface area contributed by atoms with E-state index < -0.39 is 4.92 Å².